The number of nitrogens with zero attached hydrogens (tertiary/aromatic N) is 1. The molecule has 0 aliphatic heterocycles. The fourth-order valence-corrected chi connectivity index (χ4v) is 1.62. The first-order chi connectivity index (χ1) is 8.02. The molecule has 94 valence electrons. The SMILES string of the molecule is COC(=O)CC(C)N(C)Cc1ccc(C)cc1. The Kier molecular flexibility index (Phi) is 5.16. The number of benzene rings is 1. The predicted molar refractivity (Wildman–Crippen MR) is 68.7 cm³/mol. The van der Waals surface area contributed by atoms with Crippen LogP contribution in [0.25, 0.3) is 0 Å². The number of ether oxygens (including phenoxy) is 1. The largest absolute Gasteiger partial charge is 0.469 e. The summed E-state index contributed by atoms with van der Waals surface area (Å²) < 4.78 is 4.67. The minimum absolute atomic E-state index is 0.159. The van der Waals surface area contributed by atoms with Gasteiger partial charge in [0.25, 0.3) is 0 Å². The van der Waals surface area contributed by atoms with Crippen molar-refractivity contribution in [3.05, 3.63) is 35.4 Å². The standard InChI is InChI=1S/C14H21NO2/c1-11-5-7-13(8-6-11)10-15(3)12(2)9-14(16)17-4/h5-8,12H,9-10H2,1-4H3. The number of esters is 1. The van der Waals surface area contributed by atoms with E-state index >= 15 is 0 Å². The van der Waals surface area contributed by atoms with Crippen LogP contribution in [0.3, 0.4) is 0 Å². The first-order valence-corrected chi connectivity index (χ1v) is 5.85. The van der Waals surface area contributed by atoms with Gasteiger partial charge < -0.3 is 4.74 Å². The maximum atomic E-state index is 11.2. The van der Waals surface area contributed by atoms with Gasteiger partial charge >= 0.3 is 5.97 Å². The Balaban J connectivity index is 2.50. The maximum absolute atomic E-state index is 11.2. The zero-order chi connectivity index (χ0) is 12.8. The van der Waals surface area contributed by atoms with Crippen LogP contribution in [0, 0.1) is 6.92 Å². The van der Waals surface area contributed by atoms with Gasteiger partial charge in [-0.1, -0.05) is 29.8 Å². The van der Waals surface area contributed by atoms with E-state index in [1.165, 1.54) is 18.2 Å². The second-order valence-electron chi connectivity index (χ2n) is 4.53. The summed E-state index contributed by atoms with van der Waals surface area (Å²) in [5, 5.41) is 0. The molecule has 0 saturated carbocycles. The first-order valence-electron chi connectivity index (χ1n) is 5.85. The van der Waals surface area contributed by atoms with E-state index in [-0.39, 0.29) is 12.0 Å². The first kappa shape index (κ1) is 13.7. The Bertz CT molecular complexity index is 359. The second-order valence-corrected chi connectivity index (χ2v) is 4.53. The number of aryl methyl sites for hydroxylation is 1. The molecule has 1 unspecified atom stereocenters. The minimum atomic E-state index is -0.159. The average molecular weight is 235 g/mol. The predicted octanol–water partition coefficient (Wildman–Crippen LogP) is 2.38. The summed E-state index contributed by atoms with van der Waals surface area (Å²) in [4.78, 5) is 13.3. The zero-order valence-corrected chi connectivity index (χ0v) is 11.1. The molecule has 0 aliphatic carbocycles. The highest BCUT2D eigenvalue weighted by Crippen LogP contribution is 2.10. The van der Waals surface area contributed by atoms with E-state index in [4.69, 9.17) is 0 Å². The summed E-state index contributed by atoms with van der Waals surface area (Å²) in [5.74, 6) is -0.159. The Morgan fingerprint density at radius 2 is 1.94 bits per heavy atom. The van der Waals surface area contributed by atoms with Crippen molar-refractivity contribution in [1.82, 2.24) is 4.90 Å². The Labute approximate surface area is 103 Å². The van der Waals surface area contributed by atoms with Crippen LogP contribution in [-0.4, -0.2) is 31.1 Å². The highest BCUT2D eigenvalue weighted by atomic mass is 16.5. The molecule has 0 aliphatic rings. The minimum Gasteiger partial charge on any atom is -0.469 e. The summed E-state index contributed by atoms with van der Waals surface area (Å²) in [6, 6.07) is 8.64. The summed E-state index contributed by atoms with van der Waals surface area (Å²) in [5.41, 5.74) is 2.52. The normalized spacial score (nSPS) is 12.5. The quantitative estimate of drug-likeness (QED) is 0.734. The van der Waals surface area contributed by atoms with Gasteiger partial charge in [-0.3, -0.25) is 9.69 Å². The Morgan fingerprint density at radius 1 is 1.35 bits per heavy atom. The molecule has 1 aromatic carbocycles. The number of carbonyl (C=O) groups is 1. The summed E-state index contributed by atoms with van der Waals surface area (Å²) >= 11 is 0. The highest BCUT2D eigenvalue weighted by Gasteiger charge is 2.14. The molecule has 0 bridgehead atoms. The highest BCUT2D eigenvalue weighted by molar-refractivity contribution is 5.69. The third-order valence-electron chi connectivity index (χ3n) is 2.99. The van der Waals surface area contributed by atoms with Crippen LogP contribution in [0.15, 0.2) is 24.3 Å². The molecule has 0 fully saturated rings. The second kappa shape index (κ2) is 6.40. The molecule has 0 aromatic heterocycles. The van der Waals surface area contributed by atoms with Crippen LogP contribution in [0.5, 0.6) is 0 Å². The van der Waals surface area contributed by atoms with E-state index in [0.29, 0.717) is 6.42 Å². The van der Waals surface area contributed by atoms with Gasteiger partial charge in [-0.15, -0.1) is 0 Å². The molecule has 1 aromatic rings. The van der Waals surface area contributed by atoms with E-state index in [1.807, 2.05) is 14.0 Å². The van der Waals surface area contributed by atoms with Gasteiger partial charge in [-0.05, 0) is 26.5 Å². The van der Waals surface area contributed by atoms with Crippen molar-refractivity contribution < 1.29 is 9.53 Å². The van der Waals surface area contributed by atoms with Crippen LogP contribution in [0.2, 0.25) is 0 Å². The Hall–Kier alpha value is -1.35. The van der Waals surface area contributed by atoms with E-state index in [2.05, 4.69) is 40.8 Å². The van der Waals surface area contributed by atoms with Gasteiger partial charge in [0.15, 0.2) is 0 Å². The molecule has 1 atom stereocenters. The molecule has 1 rings (SSSR count). The molecule has 3 heteroatoms. The number of hydrogen-bond donors (Lipinski definition) is 0. The number of carbonyl (C=O) groups excluding carboxylic acids is 1. The van der Waals surface area contributed by atoms with Crippen LogP contribution < -0.4 is 0 Å². The topological polar surface area (TPSA) is 29.5 Å². The lowest BCUT2D eigenvalue weighted by Crippen LogP contribution is -2.31. The molecule has 0 radical (unpaired) electrons. The van der Waals surface area contributed by atoms with Crippen molar-refractivity contribution in [2.45, 2.75) is 32.9 Å². The van der Waals surface area contributed by atoms with Gasteiger partial charge in [-0.25, -0.2) is 0 Å². The fraction of sp³-hybridized carbons (Fsp3) is 0.500. The summed E-state index contributed by atoms with van der Waals surface area (Å²) in [6.07, 6.45) is 0.429. The molecule has 0 saturated heterocycles. The lowest BCUT2D eigenvalue weighted by atomic mass is 10.1. The van der Waals surface area contributed by atoms with Crippen LogP contribution in [-0.2, 0) is 16.1 Å². The van der Waals surface area contributed by atoms with Gasteiger partial charge in [0.05, 0.1) is 13.5 Å². The molecule has 3 nitrogen and oxygen atoms in total. The lowest BCUT2D eigenvalue weighted by molar-refractivity contribution is -0.141. The lowest BCUT2D eigenvalue weighted by Gasteiger charge is -2.23. The number of rotatable bonds is 5. The molecular formula is C14H21NO2. The van der Waals surface area contributed by atoms with Crippen molar-refractivity contribution in [3.8, 4) is 0 Å². The van der Waals surface area contributed by atoms with Crippen molar-refractivity contribution >= 4 is 5.97 Å². The monoisotopic (exact) mass is 235 g/mol. The summed E-state index contributed by atoms with van der Waals surface area (Å²) in [7, 11) is 3.45. The molecule has 0 spiro atoms. The molecular weight excluding hydrogens is 214 g/mol. The van der Waals surface area contributed by atoms with Crippen LogP contribution >= 0.6 is 0 Å². The van der Waals surface area contributed by atoms with Crippen LogP contribution in [0.4, 0.5) is 0 Å². The van der Waals surface area contributed by atoms with E-state index in [1.54, 1.807) is 0 Å². The summed E-state index contributed by atoms with van der Waals surface area (Å²) in [6.45, 7) is 4.96. The van der Waals surface area contributed by atoms with Gasteiger partial charge in [0.1, 0.15) is 0 Å². The Morgan fingerprint density at radius 3 is 2.47 bits per heavy atom. The third kappa shape index (κ3) is 4.57. The third-order valence-corrected chi connectivity index (χ3v) is 2.99. The van der Waals surface area contributed by atoms with Gasteiger partial charge in [-0.2, -0.15) is 0 Å². The fourth-order valence-electron chi connectivity index (χ4n) is 1.62. The van der Waals surface area contributed by atoms with Crippen molar-refractivity contribution in [2.24, 2.45) is 0 Å². The van der Waals surface area contributed by atoms with E-state index in [0.717, 1.165) is 6.54 Å². The van der Waals surface area contributed by atoms with Crippen molar-refractivity contribution in [3.63, 3.8) is 0 Å². The van der Waals surface area contributed by atoms with Gasteiger partial charge in [0.2, 0.25) is 0 Å². The molecule has 17 heavy (non-hydrogen) atoms. The number of hydrogen-bond acceptors (Lipinski definition) is 3. The van der Waals surface area contributed by atoms with E-state index in [9.17, 15) is 4.79 Å². The zero-order valence-electron chi connectivity index (χ0n) is 11.1. The maximum Gasteiger partial charge on any atom is 0.307 e. The smallest absolute Gasteiger partial charge is 0.307 e. The average Bonchev–Trinajstić information content (AvgIpc) is 2.31. The number of methoxy groups -OCH3 is 1. The van der Waals surface area contributed by atoms with E-state index < -0.39 is 0 Å². The van der Waals surface area contributed by atoms with Crippen molar-refractivity contribution in [2.75, 3.05) is 14.2 Å². The van der Waals surface area contributed by atoms with Crippen LogP contribution in [0.1, 0.15) is 24.5 Å². The molecule has 0 N–H and O–H groups in total. The van der Waals surface area contributed by atoms with Gasteiger partial charge in [0, 0.05) is 12.6 Å². The van der Waals surface area contributed by atoms with Crippen molar-refractivity contribution in [1.29, 1.82) is 0 Å². The molecule has 0 heterocycles. The molecule has 0 amide bonds.